The number of hydrogen-bond acceptors (Lipinski definition) is 6. The van der Waals surface area contributed by atoms with E-state index in [4.69, 9.17) is 24.4 Å². The van der Waals surface area contributed by atoms with Crippen LogP contribution in [0.3, 0.4) is 0 Å². The van der Waals surface area contributed by atoms with Gasteiger partial charge in [0.25, 0.3) is 0 Å². The fourth-order valence-electron chi connectivity index (χ4n) is 2.34. The molecule has 0 bridgehead atoms. The Balaban J connectivity index is 0.000000226. The van der Waals surface area contributed by atoms with Gasteiger partial charge in [0, 0.05) is 6.07 Å². The van der Waals surface area contributed by atoms with Crippen molar-refractivity contribution in [3.05, 3.63) is 71.8 Å². The van der Waals surface area contributed by atoms with Crippen LogP contribution in [-0.2, 0) is 6.42 Å². The van der Waals surface area contributed by atoms with Crippen LogP contribution in [0.2, 0.25) is 0 Å². The zero-order valence-corrected chi connectivity index (χ0v) is 18.0. The molecule has 0 saturated carbocycles. The van der Waals surface area contributed by atoms with E-state index in [1.807, 2.05) is 25.1 Å². The van der Waals surface area contributed by atoms with E-state index >= 15 is 0 Å². The van der Waals surface area contributed by atoms with Gasteiger partial charge in [0.1, 0.15) is 11.5 Å². The predicted molar refractivity (Wildman–Crippen MR) is 118 cm³/mol. The van der Waals surface area contributed by atoms with Crippen molar-refractivity contribution < 1.29 is 29.5 Å². The van der Waals surface area contributed by atoms with Crippen LogP contribution in [0.4, 0.5) is 0 Å². The lowest BCUT2D eigenvalue weighted by Crippen LogP contribution is -1.86. The molecule has 3 aromatic carbocycles. The summed E-state index contributed by atoms with van der Waals surface area (Å²) >= 11 is 0. The highest BCUT2D eigenvalue weighted by molar-refractivity contribution is 5.42. The van der Waals surface area contributed by atoms with E-state index < -0.39 is 0 Å². The predicted octanol–water partition coefficient (Wildman–Crippen LogP) is 5.07. The Hall–Kier alpha value is -3.54. The number of methoxy groups -OCH3 is 3. The van der Waals surface area contributed by atoms with Crippen LogP contribution < -0.4 is 14.2 Å². The minimum absolute atomic E-state index is 0.188. The molecule has 0 aromatic heterocycles. The van der Waals surface area contributed by atoms with E-state index in [1.54, 1.807) is 56.7 Å². The van der Waals surface area contributed by atoms with Crippen molar-refractivity contribution in [3.8, 4) is 34.5 Å². The number of benzene rings is 3. The Kier molecular flexibility index (Phi) is 10.5. The molecule has 3 rings (SSSR count). The molecule has 162 valence electrons. The van der Waals surface area contributed by atoms with Gasteiger partial charge in [0.15, 0.2) is 23.0 Å². The largest absolute Gasteiger partial charge is 0.508 e. The maximum Gasteiger partial charge on any atom is 0.160 e. The highest BCUT2D eigenvalue weighted by Gasteiger charge is 2.00. The molecule has 0 heterocycles. The van der Waals surface area contributed by atoms with Crippen LogP contribution in [0, 0.1) is 6.92 Å². The van der Waals surface area contributed by atoms with Gasteiger partial charge < -0.3 is 29.5 Å². The Morgan fingerprint density at radius 2 is 1.30 bits per heavy atom. The number of phenols is 3. The molecule has 3 N–H and O–H groups in total. The highest BCUT2D eigenvalue weighted by atomic mass is 16.5. The molecule has 6 nitrogen and oxygen atoms in total. The van der Waals surface area contributed by atoms with Crippen molar-refractivity contribution >= 4 is 0 Å². The normalized spacial score (nSPS) is 9.37. The first-order chi connectivity index (χ1) is 14.3. The lowest BCUT2D eigenvalue weighted by atomic mass is 10.1. The van der Waals surface area contributed by atoms with Gasteiger partial charge in [-0.2, -0.15) is 0 Å². The second kappa shape index (κ2) is 12.8. The molecule has 3 aromatic rings. The van der Waals surface area contributed by atoms with Gasteiger partial charge in [-0.3, -0.25) is 0 Å². The Labute approximate surface area is 177 Å². The SMILES string of the molecule is CCc1ccc(O)c(OC)c1.COc1cc(C)ccc1O.COc1cccc(O)c1. The first-order valence-electron chi connectivity index (χ1n) is 9.37. The standard InChI is InChI=1S/C9H12O2.C8H10O2.C7H8O2/c1-3-7-4-5-8(10)9(6-7)11-2;1-6-3-4-7(9)8(5-6)10-2;1-9-7-4-2-3-6(8)5-7/h4-6,10H,3H2,1-2H3;3-5,9H,1-2H3;2-5,8H,1H3. The van der Waals surface area contributed by atoms with Gasteiger partial charge in [-0.05, 0) is 60.9 Å². The van der Waals surface area contributed by atoms with Gasteiger partial charge in [0.2, 0.25) is 0 Å². The van der Waals surface area contributed by atoms with Crippen molar-refractivity contribution in [2.24, 2.45) is 0 Å². The minimum Gasteiger partial charge on any atom is -0.508 e. The molecule has 30 heavy (non-hydrogen) atoms. The van der Waals surface area contributed by atoms with E-state index in [0.29, 0.717) is 17.2 Å². The smallest absolute Gasteiger partial charge is 0.160 e. The van der Waals surface area contributed by atoms with Crippen LogP contribution in [0.25, 0.3) is 0 Å². The molecule has 0 fully saturated rings. The molecular weight excluding hydrogens is 384 g/mol. The molecule has 0 amide bonds. The molecule has 0 aliphatic heterocycles. The summed E-state index contributed by atoms with van der Waals surface area (Å²) in [4.78, 5) is 0. The summed E-state index contributed by atoms with van der Waals surface area (Å²) < 4.78 is 14.6. The van der Waals surface area contributed by atoms with Gasteiger partial charge in [-0.1, -0.05) is 25.1 Å². The molecule has 0 spiro atoms. The average Bonchev–Trinajstić information content (AvgIpc) is 2.76. The number of phenolic OH excluding ortho intramolecular Hbond substituents is 3. The van der Waals surface area contributed by atoms with E-state index in [-0.39, 0.29) is 17.2 Å². The summed E-state index contributed by atoms with van der Waals surface area (Å²) in [6.07, 6.45) is 0.955. The van der Waals surface area contributed by atoms with E-state index in [9.17, 15) is 5.11 Å². The van der Waals surface area contributed by atoms with Crippen molar-refractivity contribution in [3.63, 3.8) is 0 Å². The fraction of sp³-hybridized carbons (Fsp3) is 0.250. The zero-order valence-electron chi connectivity index (χ0n) is 18.0. The number of aromatic hydroxyl groups is 3. The topological polar surface area (TPSA) is 88.4 Å². The number of hydrogen-bond donors (Lipinski definition) is 3. The average molecular weight is 414 g/mol. The Bertz CT molecular complexity index is 908. The summed E-state index contributed by atoms with van der Waals surface area (Å²) in [5.74, 6) is 2.37. The summed E-state index contributed by atoms with van der Waals surface area (Å²) in [6, 6.07) is 17.3. The Morgan fingerprint density at radius 1 is 0.700 bits per heavy atom. The molecule has 0 saturated heterocycles. The summed E-state index contributed by atoms with van der Waals surface area (Å²) in [6.45, 7) is 4.01. The van der Waals surface area contributed by atoms with E-state index in [0.717, 1.165) is 12.0 Å². The first-order valence-corrected chi connectivity index (χ1v) is 9.37. The quantitative estimate of drug-likeness (QED) is 0.552. The van der Waals surface area contributed by atoms with E-state index in [1.165, 1.54) is 12.7 Å². The molecule has 0 aliphatic rings. The fourth-order valence-corrected chi connectivity index (χ4v) is 2.34. The second-order valence-corrected chi connectivity index (χ2v) is 6.24. The van der Waals surface area contributed by atoms with Crippen LogP contribution in [0.5, 0.6) is 34.5 Å². The van der Waals surface area contributed by atoms with Gasteiger partial charge >= 0.3 is 0 Å². The van der Waals surface area contributed by atoms with Crippen molar-refractivity contribution in [2.45, 2.75) is 20.3 Å². The van der Waals surface area contributed by atoms with Crippen LogP contribution in [0.15, 0.2) is 60.7 Å². The summed E-state index contributed by atoms with van der Waals surface area (Å²) in [5, 5.41) is 27.2. The Morgan fingerprint density at radius 3 is 1.77 bits per heavy atom. The lowest BCUT2D eigenvalue weighted by Gasteiger charge is -2.03. The van der Waals surface area contributed by atoms with Gasteiger partial charge in [0.05, 0.1) is 21.3 Å². The maximum atomic E-state index is 9.21. The van der Waals surface area contributed by atoms with E-state index in [2.05, 4.69) is 6.92 Å². The molecular formula is C24H30O6. The third-order valence-electron chi connectivity index (χ3n) is 4.04. The number of aryl methyl sites for hydroxylation is 2. The number of rotatable bonds is 4. The lowest BCUT2D eigenvalue weighted by molar-refractivity contribution is 0.373. The summed E-state index contributed by atoms with van der Waals surface area (Å²) in [7, 11) is 4.65. The molecule has 0 radical (unpaired) electrons. The van der Waals surface area contributed by atoms with Gasteiger partial charge in [-0.25, -0.2) is 0 Å². The van der Waals surface area contributed by atoms with Crippen molar-refractivity contribution in [2.75, 3.05) is 21.3 Å². The van der Waals surface area contributed by atoms with Crippen molar-refractivity contribution in [1.29, 1.82) is 0 Å². The maximum absolute atomic E-state index is 9.21. The molecule has 0 aliphatic carbocycles. The molecule has 0 unspecified atom stereocenters. The highest BCUT2D eigenvalue weighted by Crippen LogP contribution is 2.26. The molecule has 6 heteroatoms. The second-order valence-electron chi connectivity index (χ2n) is 6.24. The third-order valence-corrected chi connectivity index (χ3v) is 4.04. The summed E-state index contributed by atoms with van der Waals surface area (Å²) in [5.41, 5.74) is 2.24. The van der Waals surface area contributed by atoms with Crippen molar-refractivity contribution in [1.82, 2.24) is 0 Å². The van der Waals surface area contributed by atoms with Crippen LogP contribution in [-0.4, -0.2) is 36.6 Å². The minimum atomic E-state index is 0.188. The zero-order chi connectivity index (χ0) is 22.5. The van der Waals surface area contributed by atoms with Crippen LogP contribution >= 0.6 is 0 Å². The van der Waals surface area contributed by atoms with Gasteiger partial charge in [-0.15, -0.1) is 0 Å². The van der Waals surface area contributed by atoms with Crippen LogP contribution in [0.1, 0.15) is 18.1 Å². The molecule has 0 atom stereocenters. The monoisotopic (exact) mass is 414 g/mol. The number of ether oxygens (including phenoxy) is 3. The third kappa shape index (κ3) is 8.22. The first kappa shape index (κ1) is 24.5.